The minimum Gasteiger partial charge on any atom is -0.466 e. The van der Waals surface area contributed by atoms with E-state index in [0.717, 1.165) is 0 Å². The minimum absolute atomic E-state index is 0.0644. The van der Waals surface area contributed by atoms with Crippen LogP contribution in [-0.4, -0.2) is 49.7 Å². The molecule has 0 saturated heterocycles. The van der Waals surface area contributed by atoms with Gasteiger partial charge in [0.25, 0.3) is 0 Å². The van der Waals surface area contributed by atoms with Gasteiger partial charge in [-0.05, 0) is 20.8 Å². The van der Waals surface area contributed by atoms with E-state index in [-0.39, 0.29) is 30.8 Å². The molecule has 0 N–H and O–H groups in total. The maximum atomic E-state index is 11.6. The highest BCUT2D eigenvalue weighted by Crippen LogP contribution is 1.98. The summed E-state index contributed by atoms with van der Waals surface area (Å²) < 4.78 is 10.1. The second-order valence-corrected chi connectivity index (χ2v) is 4.04. The molecular weight excluding hydrogens is 222 g/mol. The van der Waals surface area contributed by atoms with Crippen molar-refractivity contribution in [3.8, 4) is 0 Å². The molecule has 0 radical (unpaired) electrons. The zero-order chi connectivity index (χ0) is 13.3. The number of nitrogens with zero attached hydrogens (tertiary/aromatic N) is 1. The summed E-state index contributed by atoms with van der Waals surface area (Å²) in [6.07, 6.45) is 0.497. The van der Waals surface area contributed by atoms with Crippen LogP contribution in [0, 0.1) is 0 Å². The third-order valence-corrected chi connectivity index (χ3v) is 2.15. The predicted molar refractivity (Wildman–Crippen MR) is 64.6 cm³/mol. The number of likely N-dealkylation sites (N-methyl/N-ethyl adjacent to an activating group) is 1. The van der Waals surface area contributed by atoms with Crippen molar-refractivity contribution < 1.29 is 19.1 Å². The lowest BCUT2D eigenvalue weighted by molar-refractivity contribution is -0.145. The summed E-state index contributed by atoms with van der Waals surface area (Å²) in [6, 6.07) is 0. The molecule has 0 aliphatic heterocycles. The standard InChI is InChI=1S/C12H23NO4/c1-5-16-12(15)7-6-11(14)13(4)8-9-17-10(2)3/h10H,5-9H2,1-4H3. The fourth-order valence-corrected chi connectivity index (χ4v) is 1.18. The Hall–Kier alpha value is -1.10. The second-order valence-electron chi connectivity index (χ2n) is 4.04. The van der Waals surface area contributed by atoms with Crippen molar-refractivity contribution >= 4 is 11.9 Å². The summed E-state index contributed by atoms with van der Waals surface area (Å²) in [5, 5.41) is 0. The third kappa shape index (κ3) is 8.68. The first-order valence-corrected chi connectivity index (χ1v) is 5.98. The van der Waals surface area contributed by atoms with Gasteiger partial charge in [0, 0.05) is 20.0 Å². The molecule has 1 amide bonds. The van der Waals surface area contributed by atoms with Crippen LogP contribution < -0.4 is 0 Å². The molecule has 0 aromatic rings. The Balaban J connectivity index is 3.70. The molecule has 0 rings (SSSR count). The smallest absolute Gasteiger partial charge is 0.306 e. The van der Waals surface area contributed by atoms with Crippen LogP contribution in [0.15, 0.2) is 0 Å². The Morgan fingerprint density at radius 2 is 1.88 bits per heavy atom. The molecule has 0 spiro atoms. The van der Waals surface area contributed by atoms with Gasteiger partial charge in [0.05, 0.1) is 25.7 Å². The van der Waals surface area contributed by atoms with E-state index in [1.165, 1.54) is 0 Å². The maximum Gasteiger partial charge on any atom is 0.306 e. The van der Waals surface area contributed by atoms with Gasteiger partial charge in [-0.25, -0.2) is 0 Å². The lowest BCUT2D eigenvalue weighted by atomic mass is 10.3. The monoisotopic (exact) mass is 245 g/mol. The highest BCUT2D eigenvalue weighted by molar-refractivity contribution is 5.81. The van der Waals surface area contributed by atoms with Gasteiger partial charge in [0.1, 0.15) is 0 Å². The summed E-state index contributed by atoms with van der Waals surface area (Å²) in [4.78, 5) is 24.2. The molecule has 0 aliphatic rings. The van der Waals surface area contributed by atoms with Gasteiger partial charge in [-0.2, -0.15) is 0 Å². The van der Waals surface area contributed by atoms with Crippen LogP contribution in [0.5, 0.6) is 0 Å². The first-order chi connectivity index (χ1) is 7.97. The van der Waals surface area contributed by atoms with E-state index in [2.05, 4.69) is 0 Å². The van der Waals surface area contributed by atoms with Gasteiger partial charge < -0.3 is 14.4 Å². The number of amides is 1. The van der Waals surface area contributed by atoms with Crippen LogP contribution in [0.4, 0.5) is 0 Å². The van der Waals surface area contributed by atoms with Gasteiger partial charge in [0.2, 0.25) is 5.91 Å². The number of hydrogen-bond donors (Lipinski definition) is 0. The SMILES string of the molecule is CCOC(=O)CCC(=O)N(C)CCOC(C)C. The summed E-state index contributed by atoms with van der Waals surface area (Å²) in [5.41, 5.74) is 0. The summed E-state index contributed by atoms with van der Waals surface area (Å²) >= 11 is 0. The van der Waals surface area contributed by atoms with Crippen LogP contribution in [-0.2, 0) is 19.1 Å². The van der Waals surface area contributed by atoms with Gasteiger partial charge in [-0.3, -0.25) is 9.59 Å². The molecule has 0 heterocycles. The molecule has 0 aromatic carbocycles. The van der Waals surface area contributed by atoms with E-state index in [0.29, 0.717) is 19.8 Å². The normalized spacial score (nSPS) is 10.4. The quantitative estimate of drug-likeness (QED) is 0.603. The van der Waals surface area contributed by atoms with E-state index in [4.69, 9.17) is 9.47 Å². The van der Waals surface area contributed by atoms with Gasteiger partial charge in [-0.1, -0.05) is 0 Å². The molecule has 17 heavy (non-hydrogen) atoms. The molecule has 0 atom stereocenters. The summed E-state index contributed by atoms with van der Waals surface area (Å²) in [5.74, 6) is -0.391. The van der Waals surface area contributed by atoms with E-state index in [1.807, 2.05) is 13.8 Å². The van der Waals surface area contributed by atoms with Crippen molar-refractivity contribution in [3.63, 3.8) is 0 Å². The Labute approximate surface area is 103 Å². The van der Waals surface area contributed by atoms with Crippen LogP contribution in [0.25, 0.3) is 0 Å². The molecule has 100 valence electrons. The van der Waals surface area contributed by atoms with E-state index in [1.54, 1.807) is 18.9 Å². The van der Waals surface area contributed by atoms with Crippen molar-refractivity contribution in [1.82, 2.24) is 4.90 Å². The Morgan fingerprint density at radius 3 is 2.41 bits per heavy atom. The molecule has 5 nitrogen and oxygen atoms in total. The lowest BCUT2D eigenvalue weighted by Crippen LogP contribution is -2.31. The summed E-state index contributed by atoms with van der Waals surface area (Å²) in [6.45, 7) is 7.05. The topological polar surface area (TPSA) is 55.8 Å². The molecule has 0 saturated carbocycles. The number of carbonyl (C=O) groups is 2. The molecule has 0 fully saturated rings. The highest BCUT2D eigenvalue weighted by Gasteiger charge is 2.11. The maximum absolute atomic E-state index is 11.6. The molecule has 5 heteroatoms. The number of esters is 1. The summed E-state index contributed by atoms with van der Waals surface area (Å²) in [7, 11) is 1.71. The number of carbonyl (C=O) groups excluding carboxylic acids is 2. The first kappa shape index (κ1) is 15.9. The molecule has 0 aromatic heterocycles. The number of hydrogen-bond acceptors (Lipinski definition) is 4. The lowest BCUT2D eigenvalue weighted by Gasteiger charge is -2.17. The van der Waals surface area contributed by atoms with Crippen molar-refractivity contribution in [1.29, 1.82) is 0 Å². The average Bonchev–Trinajstić information content (AvgIpc) is 2.25. The highest BCUT2D eigenvalue weighted by atomic mass is 16.5. The van der Waals surface area contributed by atoms with Crippen molar-refractivity contribution in [2.24, 2.45) is 0 Å². The molecule has 0 aliphatic carbocycles. The zero-order valence-corrected chi connectivity index (χ0v) is 11.2. The van der Waals surface area contributed by atoms with Crippen molar-refractivity contribution in [2.75, 3.05) is 26.8 Å². The third-order valence-electron chi connectivity index (χ3n) is 2.15. The Bertz CT molecular complexity index is 241. The van der Waals surface area contributed by atoms with Crippen molar-refractivity contribution in [2.45, 2.75) is 39.7 Å². The van der Waals surface area contributed by atoms with Gasteiger partial charge in [0.15, 0.2) is 0 Å². The van der Waals surface area contributed by atoms with E-state index >= 15 is 0 Å². The molecular formula is C12H23NO4. The first-order valence-electron chi connectivity index (χ1n) is 5.98. The van der Waals surface area contributed by atoms with Gasteiger partial charge >= 0.3 is 5.97 Å². The molecule has 0 unspecified atom stereocenters. The van der Waals surface area contributed by atoms with Crippen LogP contribution >= 0.6 is 0 Å². The second kappa shape index (κ2) is 8.98. The average molecular weight is 245 g/mol. The van der Waals surface area contributed by atoms with Crippen LogP contribution in [0.2, 0.25) is 0 Å². The van der Waals surface area contributed by atoms with E-state index < -0.39 is 0 Å². The van der Waals surface area contributed by atoms with Crippen molar-refractivity contribution in [3.05, 3.63) is 0 Å². The fourth-order valence-electron chi connectivity index (χ4n) is 1.18. The van der Waals surface area contributed by atoms with Gasteiger partial charge in [-0.15, -0.1) is 0 Å². The van der Waals surface area contributed by atoms with Crippen LogP contribution in [0.3, 0.4) is 0 Å². The largest absolute Gasteiger partial charge is 0.466 e. The Kier molecular flexibility index (Phi) is 8.40. The Morgan fingerprint density at radius 1 is 1.24 bits per heavy atom. The number of rotatable bonds is 8. The minimum atomic E-state index is -0.326. The fraction of sp³-hybridized carbons (Fsp3) is 0.833. The number of ether oxygens (including phenoxy) is 2. The predicted octanol–water partition coefficient (Wildman–Crippen LogP) is 1.21. The zero-order valence-electron chi connectivity index (χ0n) is 11.2. The van der Waals surface area contributed by atoms with Crippen LogP contribution in [0.1, 0.15) is 33.6 Å². The van der Waals surface area contributed by atoms with E-state index in [9.17, 15) is 9.59 Å². The molecule has 0 bridgehead atoms.